The lowest BCUT2D eigenvalue weighted by molar-refractivity contribution is -0.124. The molecular weight excluding hydrogens is 370 g/mol. The van der Waals surface area contributed by atoms with Crippen LogP contribution in [0.5, 0.6) is 0 Å². The fraction of sp³-hybridized carbons (Fsp3) is 0.259. The van der Waals surface area contributed by atoms with Crippen molar-refractivity contribution in [2.75, 3.05) is 4.90 Å². The molecule has 0 aliphatic heterocycles. The van der Waals surface area contributed by atoms with Crippen molar-refractivity contribution in [1.29, 1.82) is 0 Å². The van der Waals surface area contributed by atoms with E-state index in [0.717, 1.165) is 29.2 Å². The highest BCUT2D eigenvalue weighted by atomic mass is 16.2. The first-order valence-corrected chi connectivity index (χ1v) is 10.5. The van der Waals surface area contributed by atoms with E-state index in [1.165, 1.54) is 17.7 Å². The number of benzene rings is 3. The summed E-state index contributed by atoms with van der Waals surface area (Å²) in [4.78, 5) is 28.0. The van der Waals surface area contributed by atoms with E-state index in [1.54, 1.807) is 0 Å². The van der Waals surface area contributed by atoms with Crippen LogP contribution in [0.25, 0.3) is 10.8 Å². The molecule has 0 radical (unpaired) electrons. The topological polar surface area (TPSA) is 37.4 Å². The maximum atomic E-state index is 13.5. The summed E-state index contributed by atoms with van der Waals surface area (Å²) < 4.78 is 0. The van der Waals surface area contributed by atoms with Gasteiger partial charge in [0.2, 0.25) is 0 Å². The molecule has 1 aliphatic rings. The number of carbonyl (C=O) groups excluding carboxylic acids is 2. The van der Waals surface area contributed by atoms with Crippen LogP contribution < -0.4 is 4.90 Å². The lowest BCUT2D eigenvalue weighted by Crippen LogP contribution is -2.39. The fourth-order valence-corrected chi connectivity index (χ4v) is 4.50. The Morgan fingerprint density at radius 2 is 1.60 bits per heavy atom. The van der Waals surface area contributed by atoms with Crippen molar-refractivity contribution in [2.45, 2.75) is 38.1 Å². The molecule has 4 rings (SSSR count). The number of hydrogen-bond donors (Lipinski definition) is 0. The monoisotopic (exact) mass is 395 g/mol. The number of Topliss-reactive ketones (excluding diaryl/α,β-unsaturated/α-hetero) is 1. The van der Waals surface area contributed by atoms with Gasteiger partial charge in [0, 0.05) is 12.1 Å². The Hall–Kier alpha value is -3.38. The van der Waals surface area contributed by atoms with Crippen LogP contribution in [0.4, 0.5) is 5.69 Å². The van der Waals surface area contributed by atoms with Gasteiger partial charge in [-0.2, -0.15) is 0 Å². The van der Waals surface area contributed by atoms with Crippen LogP contribution >= 0.6 is 0 Å². The third kappa shape index (κ3) is 4.14. The normalized spacial score (nSPS) is 14.9. The minimum absolute atomic E-state index is 0.0462. The highest BCUT2D eigenvalue weighted by molar-refractivity contribution is 6.10. The number of amides is 1. The standard InChI is InChI=1S/C27H25NO2/c1-2-26(30)28(24-17-16-21-12-8-9-15-23(21)19-24)27(22-13-4-3-5-14-22)25(29)18-20-10-6-7-11-20/h1,3-5,8-9,12-17,19-20,27H,6-7,10-11,18H2. The molecule has 0 heterocycles. The minimum atomic E-state index is -0.725. The molecule has 30 heavy (non-hydrogen) atoms. The molecule has 3 aromatic carbocycles. The van der Waals surface area contributed by atoms with Crippen LogP contribution in [0.15, 0.2) is 72.8 Å². The summed E-state index contributed by atoms with van der Waals surface area (Å²) in [5.41, 5.74) is 1.43. The summed E-state index contributed by atoms with van der Waals surface area (Å²) in [6, 6.07) is 22.5. The van der Waals surface area contributed by atoms with Gasteiger partial charge in [-0.05, 0) is 40.3 Å². The highest BCUT2D eigenvalue weighted by Crippen LogP contribution is 2.35. The second-order valence-electron chi connectivity index (χ2n) is 7.99. The minimum Gasteiger partial charge on any atom is -0.297 e. The number of ketones is 1. The third-order valence-electron chi connectivity index (χ3n) is 6.00. The van der Waals surface area contributed by atoms with E-state index >= 15 is 0 Å². The van der Waals surface area contributed by atoms with Gasteiger partial charge in [0.25, 0.3) is 0 Å². The smallest absolute Gasteiger partial charge is 0.297 e. The second kappa shape index (κ2) is 8.97. The molecule has 0 spiro atoms. The quantitative estimate of drug-likeness (QED) is 0.502. The summed E-state index contributed by atoms with van der Waals surface area (Å²) in [5, 5.41) is 2.07. The molecule has 0 bridgehead atoms. The number of terminal acetylenes is 1. The first-order chi connectivity index (χ1) is 14.7. The fourth-order valence-electron chi connectivity index (χ4n) is 4.50. The third-order valence-corrected chi connectivity index (χ3v) is 6.00. The van der Waals surface area contributed by atoms with E-state index < -0.39 is 11.9 Å². The van der Waals surface area contributed by atoms with Crippen molar-refractivity contribution in [3.05, 3.63) is 78.4 Å². The van der Waals surface area contributed by atoms with Gasteiger partial charge in [-0.3, -0.25) is 14.5 Å². The van der Waals surface area contributed by atoms with E-state index in [1.807, 2.05) is 72.8 Å². The Balaban J connectivity index is 1.79. The van der Waals surface area contributed by atoms with Gasteiger partial charge in [-0.25, -0.2) is 0 Å². The van der Waals surface area contributed by atoms with E-state index in [0.29, 0.717) is 18.0 Å². The van der Waals surface area contributed by atoms with Gasteiger partial charge in [0.1, 0.15) is 6.04 Å². The van der Waals surface area contributed by atoms with Crippen LogP contribution in [0.1, 0.15) is 43.7 Å². The molecule has 1 fully saturated rings. The molecule has 3 nitrogen and oxygen atoms in total. The summed E-state index contributed by atoms with van der Waals surface area (Å²) in [7, 11) is 0. The Morgan fingerprint density at radius 1 is 0.933 bits per heavy atom. The lowest BCUT2D eigenvalue weighted by Gasteiger charge is -2.31. The van der Waals surface area contributed by atoms with Gasteiger partial charge < -0.3 is 0 Å². The number of nitrogens with zero attached hydrogens (tertiary/aromatic N) is 1. The first-order valence-electron chi connectivity index (χ1n) is 10.5. The molecule has 3 heteroatoms. The largest absolute Gasteiger partial charge is 0.303 e. The molecule has 0 aromatic heterocycles. The molecule has 1 unspecified atom stereocenters. The summed E-state index contributed by atoms with van der Waals surface area (Å²) in [6.07, 6.45) is 10.5. The zero-order valence-electron chi connectivity index (χ0n) is 17.0. The summed E-state index contributed by atoms with van der Waals surface area (Å²) >= 11 is 0. The zero-order valence-corrected chi connectivity index (χ0v) is 17.0. The maximum absolute atomic E-state index is 13.5. The number of fused-ring (bicyclic) bond motifs is 1. The predicted octanol–water partition coefficient (Wildman–Crippen LogP) is 5.70. The average molecular weight is 396 g/mol. The molecule has 1 amide bonds. The average Bonchev–Trinajstić information content (AvgIpc) is 3.30. The maximum Gasteiger partial charge on any atom is 0.303 e. The van der Waals surface area contributed by atoms with Gasteiger partial charge in [0.05, 0.1) is 0 Å². The van der Waals surface area contributed by atoms with Crippen molar-refractivity contribution in [1.82, 2.24) is 0 Å². The lowest BCUT2D eigenvalue weighted by atomic mass is 9.92. The van der Waals surface area contributed by atoms with Crippen LogP contribution in [0, 0.1) is 18.3 Å². The molecule has 1 atom stereocenters. The predicted molar refractivity (Wildman–Crippen MR) is 121 cm³/mol. The molecule has 0 N–H and O–H groups in total. The van der Waals surface area contributed by atoms with E-state index in [9.17, 15) is 9.59 Å². The number of carbonyl (C=O) groups is 2. The van der Waals surface area contributed by atoms with Crippen LogP contribution in [0.3, 0.4) is 0 Å². The Bertz CT molecular complexity index is 1090. The van der Waals surface area contributed by atoms with Gasteiger partial charge >= 0.3 is 5.91 Å². The zero-order chi connectivity index (χ0) is 20.9. The molecule has 1 saturated carbocycles. The Kier molecular flexibility index (Phi) is 5.95. The molecule has 1 aliphatic carbocycles. The van der Waals surface area contributed by atoms with Crippen molar-refractivity contribution in [3.8, 4) is 12.3 Å². The molecular formula is C27H25NO2. The van der Waals surface area contributed by atoms with Crippen LogP contribution in [-0.4, -0.2) is 11.7 Å². The molecule has 0 saturated heterocycles. The van der Waals surface area contributed by atoms with E-state index in [4.69, 9.17) is 6.42 Å². The first kappa shape index (κ1) is 19.9. The van der Waals surface area contributed by atoms with Crippen molar-refractivity contribution in [3.63, 3.8) is 0 Å². The van der Waals surface area contributed by atoms with Crippen molar-refractivity contribution < 1.29 is 9.59 Å². The Labute approximate surface area is 177 Å². The van der Waals surface area contributed by atoms with Gasteiger partial charge in [-0.1, -0.05) is 86.3 Å². The molecule has 150 valence electrons. The van der Waals surface area contributed by atoms with Crippen molar-refractivity contribution >= 4 is 28.2 Å². The number of anilines is 1. The SMILES string of the molecule is C#CC(=O)N(c1ccc2ccccc2c1)C(C(=O)CC1CCCC1)c1ccccc1. The molecule has 3 aromatic rings. The van der Waals surface area contributed by atoms with Crippen LogP contribution in [0.2, 0.25) is 0 Å². The second-order valence-corrected chi connectivity index (χ2v) is 7.99. The van der Waals surface area contributed by atoms with Gasteiger partial charge in [-0.15, -0.1) is 6.42 Å². The number of hydrogen-bond acceptors (Lipinski definition) is 2. The summed E-state index contributed by atoms with van der Waals surface area (Å²) in [6.45, 7) is 0. The van der Waals surface area contributed by atoms with Crippen LogP contribution in [-0.2, 0) is 9.59 Å². The highest BCUT2D eigenvalue weighted by Gasteiger charge is 2.33. The summed E-state index contributed by atoms with van der Waals surface area (Å²) in [5.74, 6) is 2.18. The Morgan fingerprint density at radius 3 is 2.30 bits per heavy atom. The van der Waals surface area contributed by atoms with Crippen molar-refractivity contribution in [2.24, 2.45) is 5.92 Å². The number of rotatable bonds is 6. The van der Waals surface area contributed by atoms with Gasteiger partial charge in [0.15, 0.2) is 5.78 Å². The van der Waals surface area contributed by atoms with E-state index in [2.05, 4.69) is 5.92 Å². The van der Waals surface area contributed by atoms with E-state index in [-0.39, 0.29) is 5.78 Å².